The standard InChI is InChI=1S/C24H22N4O3S2/c1-17(29)18-8-10-19(11-9-18)33(30,31)28-14-12-27(13-15-28)24-20-5-2-3-6-21(20)25-23(26-24)22-7-4-16-32-22/h2-11,16H,12-15H2,1H3. The number of ketones is 1. The molecule has 1 aliphatic rings. The maximum Gasteiger partial charge on any atom is 0.243 e. The Morgan fingerprint density at radius 1 is 0.909 bits per heavy atom. The van der Waals surface area contributed by atoms with Crippen molar-refractivity contribution < 1.29 is 13.2 Å². The maximum atomic E-state index is 13.1. The predicted molar refractivity (Wildman–Crippen MR) is 130 cm³/mol. The summed E-state index contributed by atoms with van der Waals surface area (Å²) in [5, 5.41) is 2.95. The summed E-state index contributed by atoms with van der Waals surface area (Å²) in [6.07, 6.45) is 0. The van der Waals surface area contributed by atoms with Crippen molar-refractivity contribution in [1.82, 2.24) is 14.3 Å². The second-order valence-electron chi connectivity index (χ2n) is 7.84. The molecule has 168 valence electrons. The minimum Gasteiger partial charge on any atom is -0.353 e. The Hall–Kier alpha value is -3.14. The SMILES string of the molecule is CC(=O)c1ccc(S(=O)(=O)N2CCN(c3nc(-c4cccs4)nc4ccccc34)CC2)cc1. The molecule has 0 radical (unpaired) electrons. The van der Waals surface area contributed by atoms with Crippen LogP contribution in [0, 0.1) is 0 Å². The summed E-state index contributed by atoms with van der Waals surface area (Å²) in [6.45, 7) is 3.21. The molecule has 7 nitrogen and oxygen atoms in total. The Labute approximate surface area is 196 Å². The second-order valence-corrected chi connectivity index (χ2v) is 10.7. The zero-order valence-corrected chi connectivity index (χ0v) is 19.6. The van der Waals surface area contributed by atoms with Gasteiger partial charge in [0.15, 0.2) is 11.6 Å². The number of fused-ring (bicyclic) bond motifs is 1. The third-order valence-electron chi connectivity index (χ3n) is 5.76. The largest absolute Gasteiger partial charge is 0.353 e. The smallest absolute Gasteiger partial charge is 0.243 e. The highest BCUT2D eigenvalue weighted by Gasteiger charge is 2.30. The summed E-state index contributed by atoms with van der Waals surface area (Å²) >= 11 is 1.59. The first-order valence-corrected chi connectivity index (χ1v) is 12.9. The lowest BCUT2D eigenvalue weighted by molar-refractivity contribution is 0.101. The average molecular weight is 479 g/mol. The van der Waals surface area contributed by atoms with Crippen LogP contribution in [-0.2, 0) is 10.0 Å². The highest BCUT2D eigenvalue weighted by atomic mass is 32.2. The van der Waals surface area contributed by atoms with Crippen LogP contribution in [0.3, 0.4) is 0 Å². The van der Waals surface area contributed by atoms with Gasteiger partial charge >= 0.3 is 0 Å². The number of carbonyl (C=O) groups excluding carboxylic acids is 1. The van der Waals surface area contributed by atoms with Crippen molar-refractivity contribution in [3.63, 3.8) is 0 Å². The molecule has 0 unspecified atom stereocenters. The number of nitrogens with zero attached hydrogens (tertiary/aromatic N) is 4. The zero-order chi connectivity index (χ0) is 23.0. The summed E-state index contributed by atoms with van der Waals surface area (Å²) in [4.78, 5) is 24.4. The zero-order valence-electron chi connectivity index (χ0n) is 18.0. The van der Waals surface area contributed by atoms with Crippen LogP contribution in [-0.4, -0.2) is 54.7 Å². The number of benzene rings is 2. The Morgan fingerprint density at radius 2 is 1.64 bits per heavy atom. The topological polar surface area (TPSA) is 83.5 Å². The van der Waals surface area contributed by atoms with Crippen LogP contribution in [0.25, 0.3) is 21.6 Å². The van der Waals surface area contributed by atoms with Crippen molar-refractivity contribution in [2.45, 2.75) is 11.8 Å². The molecular formula is C24H22N4O3S2. The molecule has 2 aromatic heterocycles. The summed E-state index contributed by atoms with van der Waals surface area (Å²) < 4.78 is 27.8. The van der Waals surface area contributed by atoms with E-state index in [-0.39, 0.29) is 10.7 Å². The van der Waals surface area contributed by atoms with E-state index in [0.29, 0.717) is 37.6 Å². The van der Waals surface area contributed by atoms with Crippen molar-refractivity contribution in [3.8, 4) is 10.7 Å². The van der Waals surface area contributed by atoms with Gasteiger partial charge in [-0.05, 0) is 42.6 Å². The number of rotatable bonds is 5. The predicted octanol–water partition coefficient (Wildman–Crippen LogP) is 4.07. The van der Waals surface area contributed by atoms with E-state index in [1.807, 2.05) is 41.8 Å². The number of Topliss-reactive ketones (excluding diaryl/α,β-unsaturated/α-hetero) is 1. The van der Waals surface area contributed by atoms with E-state index in [1.54, 1.807) is 23.5 Å². The van der Waals surface area contributed by atoms with E-state index < -0.39 is 10.0 Å². The number of anilines is 1. The minimum absolute atomic E-state index is 0.0912. The highest BCUT2D eigenvalue weighted by Crippen LogP contribution is 2.30. The third kappa shape index (κ3) is 4.15. The molecule has 3 heterocycles. The number of sulfonamides is 1. The molecule has 5 rings (SSSR count). The van der Waals surface area contributed by atoms with E-state index in [9.17, 15) is 13.2 Å². The number of piperazine rings is 1. The van der Waals surface area contributed by atoms with Crippen molar-refractivity contribution in [2.75, 3.05) is 31.1 Å². The Bertz CT molecular complexity index is 1410. The number of thiophene rings is 1. The summed E-state index contributed by atoms with van der Waals surface area (Å²) in [7, 11) is -3.63. The van der Waals surface area contributed by atoms with Gasteiger partial charge in [0.2, 0.25) is 10.0 Å². The molecule has 0 saturated carbocycles. The molecule has 4 aromatic rings. The molecule has 9 heteroatoms. The Kier molecular flexibility index (Phi) is 5.69. The Morgan fingerprint density at radius 3 is 2.30 bits per heavy atom. The molecule has 0 atom stereocenters. The number of hydrogen-bond acceptors (Lipinski definition) is 7. The first kappa shape index (κ1) is 21.7. The van der Waals surface area contributed by atoms with Crippen LogP contribution in [0.1, 0.15) is 17.3 Å². The van der Waals surface area contributed by atoms with Crippen LogP contribution >= 0.6 is 11.3 Å². The van der Waals surface area contributed by atoms with Gasteiger partial charge in [-0.25, -0.2) is 18.4 Å². The first-order chi connectivity index (χ1) is 15.9. The second kappa shape index (κ2) is 8.66. The maximum absolute atomic E-state index is 13.1. The molecule has 0 amide bonds. The normalized spacial score (nSPS) is 15.1. The molecule has 1 aliphatic heterocycles. The van der Waals surface area contributed by atoms with Gasteiger partial charge in [-0.3, -0.25) is 4.79 Å². The number of carbonyl (C=O) groups is 1. The number of hydrogen-bond donors (Lipinski definition) is 0. The summed E-state index contributed by atoms with van der Waals surface area (Å²) in [5.74, 6) is 1.41. The molecule has 0 N–H and O–H groups in total. The van der Waals surface area contributed by atoms with Crippen LogP contribution in [0.15, 0.2) is 70.9 Å². The van der Waals surface area contributed by atoms with E-state index in [1.165, 1.54) is 23.4 Å². The molecule has 1 fully saturated rings. The first-order valence-electron chi connectivity index (χ1n) is 10.6. The lowest BCUT2D eigenvalue weighted by Gasteiger charge is -2.35. The van der Waals surface area contributed by atoms with Crippen LogP contribution in [0.2, 0.25) is 0 Å². The fourth-order valence-corrected chi connectivity index (χ4v) is 6.05. The van der Waals surface area contributed by atoms with E-state index >= 15 is 0 Å². The van der Waals surface area contributed by atoms with Crippen molar-refractivity contribution >= 4 is 43.9 Å². The number of para-hydroxylation sites is 1. The van der Waals surface area contributed by atoms with Crippen molar-refractivity contribution in [3.05, 3.63) is 71.6 Å². The molecule has 33 heavy (non-hydrogen) atoms. The lowest BCUT2D eigenvalue weighted by atomic mass is 10.2. The Balaban J connectivity index is 1.40. The van der Waals surface area contributed by atoms with E-state index in [0.717, 1.165) is 21.6 Å². The van der Waals surface area contributed by atoms with Crippen molar-refractivity contribution in [2.24, 2.45) is 0 Å². The fraction of sp³-hybridized carbons (Fsp3) is 0.208. The number of aromatic nitrogens is 2. The minimum atomic E-state index is -3.63. The monoisotopic (exact) mass is 478 g/mol. The van der Waals surface area contributed by atoms with Gasteiger partial charge in [0, 0.05) is 37.1 Å². The molecule has 1 saturated heterocycles. The summed E-state index contributed by atoms with van der Waals surface area (Å²) in [6, 6.07) is 18.0. The molecular weight excluding hydrogens is 456 g/mol. The van der Waals surface area contributed by atoms with Crippen molar-refractivity contribution in [1.29, 1.82) is 0 Å². The quantitative estimate of drug-likeness (QED) is 0.402. The van der Waals surface area contributed by atoms with Gasteiger partial charge in [-0.2, -0.15) is 4.31 Å². The average Bonchev–Trinajstić information content (AvgIpc) is 3.39. The van der Waals surface area contributed by atoms with Crippen LogP contribution in [0.5, 0.6) is 0 Å². The highest BCUT2D eigenvalue weighted by molar-refractivity contribution is 7.89. The van der Waals surface area contributed by atoms with Crippen LogP contribution < -0.4 is 4.90 Å². The van der Waals surface area contributed by atoms with Gasteiger partial charge < -0.3 is 4.90 Å². The van der Waals surface area contributed by atoms with Crippen LogP contribution in [0.4, 0.5) is 5.82 Å². The molecule has 2 aromatic carbocycles. The van der Waals surface area contributed by atoms with Gasteiger partial charge in [-0.1, -0.05) is 30.3 Å². The van der Waals surface area contributed by atoms with Gasteiger partial charge in [0.25, 0.3) is 0 Å². The van der Waals surface area contributed by atoms with E-state index in [2.05, 4.69) is 4.90 Å². The van der Waals surface area contributed by atoms with E-state index in [4.69, 9.17) is 9.97 Å². The fourth-order valence-electron chi connectivity index (χ4n) is 3.97. The third-order valence-corrected chi connectivity index (χ3v) is 8.54. The van der Waals surface area contributed by atoms with Gasteiger partial charge in [0.1, 0.15) is 5.82 Å². The molecule has 0 bridgehead atoms. The van der Waals surface area contributed by atoms with Gasteiger partial charge in [-0.15, -0.1) is 11.3 Å². The van der Waals surface area contributed by atoms with Gasteiger partial charge in [0.05, 0.1) is 15.3 Å². The molecule has 0 aliphatic carbocycles. The lowest BCUT2D eigenvalue weighted by Crippen LogP contribution is -2.49. The molecule has 0 spiro atoms. The summed E-state index contributed by atoms with van der Waals surface area (Å²) in [5.41, 5.74) is 1.36.